The third-order valence-electron chi connectivity index (χ3n) is 6.30. The molecule has 0 aliphatic heterocycles. The van der Waals surface area contributed by atoms with Crippen molar-refractivity contribution in [1.82, 2.24) is 4.31 Å². The zero-order valence-electron chi connectivity index (χ0n) is 22.7. The molecule has 1 amide bonds. The molecule has 1 N–H and O–H groups in total. The summed E-state index contributed by atoms with van der Waals surface area (Å²) in [4.78, 5) is 24.5. The molecule has 4 rings (SSSR count). The number of hydrogen-bond acceptors (Lipinski definition) is 5. The number of halogens is 3. The maximum atomic E-state index is 14.7. The monoisotopic (exact) mass is 596 g/mol. The lowest BCUT2D eigenvalue weighted by Gasteiger charge is -2.23. The van der Waals surface area contributed by atoms with Crippen molar-refractivity contribution < 1.29 is 35.9 Å². The number of anilines is 1. The van der Waals surface area contributed by atoms with Gasteiger partial charge in [-0.1, -0.05) is 42.0 Å². The quantitative estimate of drug-likeness (QED) is 0.219. The van der Waals surface area contributed by atoms with E-state index in [0.717, 1.165) is 42.0 Å². The van der Waals surface area contributed by atoms with E-state index < -0.39 is 44.9 Å². The van der Waals surface area contributed by atoms with Crippen LogP contribution in [0.4, 0.5) is 18.9 Å². The highest BCUT2D eigenvalue weighted by molar-refractivity contribution is 7.89. The van der Waals surface area contributed by atoms with Crippen molar-refractivity contribution in [3.8, 4) is 0 Å². The number of amides is 1. The number of hydrogen-bond donors (Lipinski definition) is 1. The highest BCUT2D eigenvalue weighted by atomic mass is 32.2. The van der Waals surface area contributed by atoms with Crippen LogP contribution in [0, 0.1) is 24.4 Å². The van der Waals surface area contributed by atoms with E-state index in [9.17, 15) is 31.2 Å². The van der Waals surface area contributed by atoms with Gasteiger partial charge in [0.1, 0.15) is 5.82 Å². The minimum Gasteiger partial charge on any atom is -0.462 e. The van der Waals surface area contributed by atoms with Gasteiger partial charge in [0.25, 0.3) is 5.91 Å². The molecule has 0 aromatic heterocycles. The van der Waals surface area contributed by atoms with Gasteiger partial charge in [0.15, 0.2) is 11.6 Å². The lowest BCUT2D eigenvalue weighted by atomic mass is 10.1. The van der Waals surface area contributed by atoms with E-state index in [1.54, 1.807) is 31.2 Å². The maximum absolute atomic E-state index is 14.7. The Morgan fingerprint density at radius 2 is 1.38 bits per heavy atom. The first kappa shape index (κ1) is 30.5. The van der Waals surface area contributed by atoms with E-state index >= 15 is 0 Å². The van der Waals surface area contributed by atoms with Gasteiger partial charge in [-0.15, -0.1) is 0 Å². The van der Waals surface area contributed by atoms with Crippen molar-refractivity contribution in [2.24, 2.45) is 0 Å². The number of nitrogens with zero attached hydrogens (tertiary/aromatic N) is 1. The number of ether oxygens (including phenoxy) is 1. The largest absolute Gasteiger partial charge is 0.462 e. The number of aryl methyl sites for hydroxylation is 1. The normalized spacial score (nSPS) is 11.4. The van der Waals surface area contributed by atoms with E-state index in [2.05, 4.69) is 5.32 Å². The predicted molar refractivity (Wildman–Crippen MR) is 151 cm³/mol. The van der Waals surface area contributed by atoms with Gasteiger partial charge >= 0.3 is 5.97 Å². The first-order valence-corrected chi connectivity index (χ1v) is 14.3. The van der Waals surface area contributed by atoms with Gasteiger partial charge in [0.2, 0.25) is 10.0 Å². The highest BCUT2D eigenvalue weighted by Gasteiger charge is 2.27. The lowest BCUT2D eigenvalue weighted by molar-refractivity contribution is 0.0526. The van der Waals surface area contributed by atoms with Gasteiger partial charge in [-0.05, 0) is 67.4 Å². The summed E-state index contributed by atoms with van der Waals surface area (Å²) in [6, 6.07) is 18.9. The summed E-state index contributed by atoms with van der Waals surface area (Å²) < 4.78 is 75.5. The Bertz CT molecular complexity index is 1710. The molecule has 7 nitrogen and oxygen atoms in total. The summed E-state index contributed by atoms with van der Waals surface area (Å²) in [5, 5.41) is 2.25. The number of sulfonamides is 1. The molecular formula is C31H27F3N2O5S. The Kier molecular flexibility index (Phi) is 9.44. The second kappa shape index (κ2) is 13.0. The molecule has 11 heteroatoms. The molecule has 0 atom stereocenters. The zero-order valence-corrected chi connectivity index (χ0v) is 23.6. The van der Waals surface area contributed by atoms with Crippen LogP contribution in [0.3, 0.4) is 0 Å². The molecule has 218 valence electrons. The Hall–Kier alpha value is -4.48. The first-order chi connectivity index (χ1) is 20.0. The summed E-state index contributed by atoms with van der Waals surface area (Å²) in [6.07, 6.45) is 0. The van der Waals surface area contributed by atoms with Crippen LogP contribution in [-0.4, -0.2) is 31.2 Å². The molecule has 0 unspecified atom stereocenters. The topological polar surface area (TPSA) is 92.8 Å². The third kappa shape index (κ3) is 7.23. The molecular weight excluding hydrogens is 569 g/mol. The van der Waals surface area contributed by atoms with Crippen molar-refractivity contribution in [3.05, 3.63) is 130 Å². The van der Waals surface area contributed by atoms with Gasteiger partial charge < -0.3 is 10.1 Å². The van der Waals surface area contributed by atoms with Gasteiger partial charge in [-0.3, -0.25) is 4.79 Å². The number of carbonyl (C=O) groups excluding carboxylic acids is 2. The summed E-state index contributed by atoms with van der Waals surface area (Å²) in [7, 11) is -4.32. The Morgan fingerprint density at radius 1 is 0.786 bits per heavy atom. The minimum absolute atomic E-state index is 0.0456. The third-order valence-corrected chi connectivity index (χ3v) is 8.09. The molecule has 0 aliphatic rings. The predicted octanol–water partition coefficient (Wildman–Crippen LogP) is 6.23. The van der Waals surface area contributed by atoms with Crippen LogP contribution in [0.15, 0.2) is 89.8 Å². The number of carbonyl (C=O) groups is 2. The second-order valence-corrected chi connectivity index (χ2v) is 11.3. The summed E-state index contributed by atoms with van der Waals surface area (Å²) >= 11 is 0. The van der Waals surface area contributed by atoms with Crippen molar-refractivity contribution >= 4 is 27.6 Å². The molecule has 0 aliphatic carbocycles. The van der Waals surface area contributed by atoms with Gasteiger partial charge in [-0.2, -0.15) is 4.31 Å². The maximum Gasteiger partial charge on any atom is 0.338 e. The van der Waals surface area contributed by atoms with Crippen LogP contribution in [0.1, 0.15) is 44.3 Å². The smallest absolute Gasteiger partial charge is 0.338 e. The van der Waals surface area contributed by atoms with Crippen molar-refractivity contribution in [1.29, 1.82) is 0 Å². The fraction of sp³-hybridized carbons (Fsp3) is 0.161. The van der Waals surface area contributed by atoms with Crippen LogP contribution in [0.5, 0.6) is 0 Å². The molecule has 42 heavy (non-hydrogen) atoms. The van der Waals surface area contributed by atoms with Crippen molar-refractivity contribution in [3.63, 3.8) is 0 Å². The minimum atomic E-state index is -4.32. The van der Waals surface area contributed by atoms with Crippen LogP contribution in [-0.2, 0) is 27.8 Å². The van der Waals surface area contributed by atoms with E-state index in [4.69, 9.17) is 4.74 Å². The fourth-order valence-corrected chi connectivity index (χ4v) is 5.49. The lowest BCUT2D eigenvalue weighted by Crippen LogP contribution is -2.30. The molecule has 4 aromatic carbocycles. The fourth-order valence-electron chi connectivity index (χ4n) is 4.05. The van der Waals surface area contributed by atoms with Gasteiger partial charge in [0.05, 0.1) is 22.6 Å². The molecule has 0 fully saturated rings. The van der Waals surface area contributed by atoms with E-state index in [1.807, 2.05) is 19.1 Å². The molecule has 0 radical (unpaired) electrons. The van der Waals surface area contributed by atoms with Crippen molar-refractivity contribution in [2.75, 3.05) is 11.9 Å². The Morgan fingerprint density at radius 3 is 1.98 bits per heavy atom. The summed E-state index contributed by atoms with van der Waals surface area (Å²) in [5.74, 6) is -4.90. The number of rotatable bonds is 10. The zero-order chi connectivity index (χ0) is 30.4. The SMILES string of the molecule is CCOC(=O)c1ccc(CN(Cc2ccc(C)cc2)S(=O)(=O)c2ccc(F)c(C(=O)Nc3ccc(F)c(F)c3)c2)cc1. The average molecular weight is 597 g/mol. The van der Waals surface area contributed by atoms with Crippen LogP contribution in [0.2, 0.25) is 0 Å². The molecule has 0 heterocycles. The Balaban J connectivity index is 1.66. The van der Waals surface area contributed by atoms with Crippen LogP contribution in [0.25, 0.3) is 0 Å². The van der Waals surface area contributed by atoms with Crippen molar-refractivity contribution in [2.45, 2.75) is 31.8 Å². The average Bonchev–Trinajstić information content (AvgIpc) is 2.96. The number of esters is 1. The molecule has 0 bridgehead atoms. The molecule has 0 saturated carbocycles. The van der Waals surface area contributed by atoms with E-state index in [-0.39, 0.29) is 30.3 Å². The van der Waals surface area contributed by atoms with E-state index in [1.165, 1.54) is 16.4 Å². The standard InChI is InChI=1S/C31H27F3N2O5S/c1-3-41-31(38)23-10-8-22(9-11-23)19-36(18-21-6-4-20(2)5-7-21)42(39,40)25-13-15-27(32)26(17-25)30(37)35-24-12-14-28(33)29(34)16-24/h4-17H,3,18-19H2,1-2H3,(H,35,37). The summed E-state index contributed by atoms with van der Waals surface area (Å²) in [5.41, 5.74) is 1.80. The number of benzene rings is 4. The first-order valence-electron chi connectivity index (χ1n) is 12.9. The summed E-state index contributed by atoms with van der Waals surface area (Å²) in [6.45, 7) is 3.65. The highest BCUT2D eigenvalue weighted by Crippen LogP contribution is 2.25. The van der Waals surface area contributed by atoms with Crippen LogP contribution >= 0.6 is 0 Å². The van der Waals surface area contributed by atoms with E-state index in [0.29, 0.717) is 16.7 Å². The molecule has 0 spiro atoms. The van der Waals surface area contributed by atoms with Crippen LogP contribution < -0.4 is 5.32 Å². The van der Waals surface area contributed by atoms with Gasteiger partial charge in [0, 0.05) is 24.8 Å². The van der Waals surface area contributed by atoms with Gasteiger partial charge in [-0.25, -0.2) is 26.4 Å². The Labute approximate surface area is 241 Å². The second-order valence-electron chi connectivity index (χ2n) is 9.40. The molecule has 0 saturated heterocycles. The molecule has 4 aromatic rings. The number of nitrogens with one attached hydrogen (secondary N) is 1.